The molecule has 0 bridgehead atoms. The van der Waals surface area contributed by atoms with Crippen LogP contribution < -0.4 is 0 Å². The Morgan fingerprint density at radius 1 is 0.900 bits per heavy atom. The molecule has 0 aliphatic heterocycles. The average Bonchev–Trinajstić information content (AvgIpc) is 2.43. The number of aliphatic carboxylic acids is 1. The van der Waals surface area contributed by atoms with Crippen LogP contribution in [0.3, 0.4) is 0 Å². The SMILES string of the molecule is CCCCCCCCO[SiH2]CCCCCCCC(=O)O. The summed E-state index contributed by atoms with van der Waals surface area (Å²) in [4.78, 5) is 10.3. The zero-order valence-corrected chi connectivity index (χ0v) is 14.8. The zero-order chi connectivity index (χ0) is 14.9. The van der Waals surface area contributed by atoms with E-state index < -0.39 is 5.97 Å². The number of carboxylic acids is 1. The van der Waals surface area contributed by atoms with E-state index in [1.54, 1.807) is 0 Å². The van der Waals surface area contributed by atoms with Crippen LogP contribution >= 0.6 is 0 Å². The Bertz CT molecular complexity index is 210. The molecule has 0 radical (unpaired) electrons. The van der Waals surface area contributed by atoms with Crippen molar-refractivity contribution in [2.75, 3.05) is 6.61 Å². The Labute approximate surface area is 127 Å². The van der Waals surface area contributed by atoms with Crippen LogP contribution in [-0.2, 0) is 9.22 Å². The van der Waals surface area contributed by atoms with Crippen LogP contribution in [0.1, 0.15) is 84.0 Å². The molecule has 1 N–H and O–H groups in total. The number of hydrogen-bond donors (Lipinski definition) is 1. The van der Waals surface area contributed by atoms with Crippen LogP contribution in [0, 0.1) is 0 Å². The Hall–Kier alpha value is -0.353. The zero-order valence-electron chi connectivity index (χ0n) is 13.4. The lowest BCUT2D eigenvalue weighted by molar-refractivity contribution is -0.137. The van der Waals surface area contributed by atoms with Gasteiger partial charge in [-0.15, -0.1) is 0 Å². The quantitative estimate of drug-likeness (QED) is 0.342. The van der Waals surface area contributed by atoms with Crippen molar-refractivity contribution in [1.82, 2.24) is 0 Å². The fourth-order valence-corrected chi connectivity index (χ4v) is 3.44. The first kappa shape index (κ1) is 19.6. The monoisotopic (exact) mass is 302 g/mol. The molecule has 120 valence electrons. The van der Waals surface area contributed by atoms with Gasteiger partial charge in [-0.3, -0.25) is 4.79 Å². The van der Waals surface area contributed by atoms with Gasteiger partial charge in [-0.25, -0.2) is 0 Å². The maximum atomic E-state index is 10.3. The van der Waals surface area contributed by atoms with E-state index in [0.29, 0.717) is 6.42 Å². The third-order valence-corrected chi connectivity index (χ3v) is 4.94. The van der Waals surface area contributed by atoms with E-state index in [0.717, 1.165) is 19.4 Å². The molecular formula is C16H34O3Si. The minimum Gasteiger partial charge on any atom is -0.481 e. The van der Waals surface area contributed by atoms with Crippen LogP contribution in [0.25, 0.3) is 0 Å². The first-order valence-electron chi connectivity index (χ1n) is 8.57. The highest BCUT2D eigenvalue weighted by Crippen LogP contribution is 2.08. The molecule has 0 atom stereocenters. The van der Waals surface area contributed by atoms with Gasteiger partial charge in [0.25, 0.3) is 0 Å². The molecule has 0 saturated heterocycles. The Morgan fingerprint density at radius 2 is 1.50 bits per heavy atom. The van der Waals surface area contributed by atoms with Crippen molar-refractivity contribution >= 4 is 15.7 Å². The standard InChI is InChI=1S/C16H34O3Si/c1-2-3-4-5-8-11-14-19-20-15-12-9-6-7-10-13-16(17)18/h2-15,20H2,1H3,(H,17,18). The summed E-state index contributed by atoms with van der Waals surface area (Å²) in [6.07, 6.45) is 13.9. The van der Waals surface area contributed by atoms with Crippen molar-refractivity contribution in [2.45, 2.75) is 90.0 Å². The molecule has 4 heteroatoms. The van der Waals surface area contributed by atoms with Crippen molar-refractivity contribution in [3.63, 3.8) is 0 Å². The molecule has 0 aliphatic carbocycles. The molecule has 0 aromatic rings. The fourth-order valence-electron chi connectivity index (χ4n) is 2.27. The molecule has 0 aromatic carbocycles. The van der Waals surface area contributed by atoms with Crippen molar-refractivity contribution in [3.05, 3.63) is 0 Å². The van der Waals surface area contributed by atoms with Crippen molar-refractivity contribution in [1.29, 1.82) is 0 Å². The molecule has 0 spiro atoms. The van der Waals surface area contributed by atoms with Crippen LogP contribution in [0.2, 0.25) is 6.04 Å². The smallest absolute Gasteiger partial charge is 0.303 e. The predicted octanol–water partition coefficient (Wildman–Crippen LogP) is 4.29. The lowest BCUT2D eigenvalue weighted by Crippen LogP contribution is -2.00. The van der Waals surface area contributed by atoms with Crippen molar-refractivity contribution < 1.29 is 14.3 Å². The number of carboxylic acid groups (broad SMARTS) is 1. The van der Waals surface area contributed by atoms with Crippen LogP contribution in [0.4, 0.5) is 0 Å². The lowest BCUT2D eigenvalue weighted by Gasteiger charge is -2.04. The van der Waals surface area contributed by atoms with Crippen molar-refractivity contribution in [2.24, 2.45) is 0 Å². The second-order valence-corrected chi connectivity index (χ2v) is 7.17. The first-order valence-corrected chi connectivity index (χ1v) is 10.1. The van der Waals surface area contributed by atoms with Gasteiger partial charge in [-0.05, 0) is 18.9 Å². The van der Waals surface area contributed by atoms with Gasteiger partial charge < -0.3 is 9.53 Å². The largest absolute Gasteiger partial charge is 0.481 e. The summed E-state index contributed by atoms with van der Waals surface area (Å²) in [7, 11) is -0.279. The molecule has 0 aromatic heterocycles. The highest BCUT2D eigenvalue weighted by Gasteiger charge is 1.97. The van der Waals surface area contributed by atoms with E-state index in [9.17, 15) is 4.79 Å². The summed E-state index contributed by atoms with van der Waals surface area (Å²) >= 11 is 0. The minimum absolute atomic E-state index is 0.279. The summed E-state index contributed by atoms with van der Waals surface area (Å²) in [6, 6.07) is 1.29. The third kappa shape index (κ3) is 17.6. The van der Waals surface area contributed by atoms with Gasteiger partial charge in [0.2, 0.25) is 0 Å². The summed E-state index contributed by atoms with van der Waals surface area (Å²) in [6.45, 7) is 3.23. The van der Waals surface area contributed by atoms with Gasteiger partial charge in [-0.1, -0.05) is 64.7 Å². The normalized spacial score (nSPS) is 11.4. The summed E-state index contributed by atoms with van der Waals surface area (Å²) < 4.78 is 5.76. The van der Waals surface area contributed by atoms with Gasteiger partial charge in [-0.2, -0.15) is 0 Å². The highest BCUT2D eigenvalue weighted by molar-refractivity contribution is 6.26. The molecule has 0 unspecified atom stereocenters. The van der Waals surface area contributed by atoms with E-state index in [2.05, 4.69) is 6.92 Å². The van der Waals surface area contributed by atoms with Gasteiger partial charge in [0, 0.05) is 13.0 Å². The van der Waals surface area contributed by atoms with Gasteiger partial charge >= 0.3 is 5.97 Å². The number of unbranched alkanes of at least 4 members (excludes halogenated alkanes) is 9. The molecule has 0 heterocycles. The molecule has 0 saturated carbocycles. The van der Waals surface area contributed by atoms with Crippen LogP contribution in [0.5, 0.6) is 0 Å². The van der Waals surface area contributed by atoms with E-state index in [4.69, 9.17) is 9.53 Å². The first-order chi connectivity index (χ1) is 9.77. The second kappa shape index (κ2) is 16.7. The van der Waals surface area contributed by atoms with E-state index >= 15 is 0 Å². The van der Waals surface area contributed by atoms with Crippen LogP contribution in [0.15, 0.2) is 0 Å². The molecule has 0 rings (SSSR count). The molecule has 3 nitrogen and oxygen atoms in total. The van der Waals surface area contributed by atoms with E-state index in [1.807, 2.05) is 0 Å². The molecule has 20 heavy (non-hydrogen) atoms. The predicted molar refractivity (Wildman–Crippen MR) is 88.0 cm³/mol. The maximum absolute atomic E-state index is 10.3. The number of carbonyl (C=O) groups is 1. The van der Waals surface area contributed by atoms with Gasteiger partial charge in [0.05, 0.1) is 0 Å². The maximum Gasteiger partial charge on any atom is 0.303 e. The molecule has 0 fully saturated rings. The number of hydrogen-bond acceptors (Lipinski definition) is 2. The highest BCUT2D eigenvalue weighted by atomic mass is 28.2. The second-order valence-electron chi connectivity index (χ2n) is 5.65. The molecular weight excluding hydrogens is 268 g/mol. The van der Waals surface area contributed by atoms with Crippen molar-refractivity contribution in [3.8, 4) is 0 Å². The molecule has 0 amide bonds. The lowest BCUT2D eigenvalue weighted by atomic mass is 10.1. The summed E-state index contributed by atoms with van der Waals surface area (Å²) in [5.74, 6) is -0.666. The minimum atomic E-state index is -0.666. The third-order valence-electron chi connectivity index (χ3n) is 3.57. The Morgan fingerprint density at radius 3 is 2.20 bits per heavy atom. The molecule has 0 aliphatic rings. The fraction of sp³-hybridized carbons (Fsp3) is 0.938. The summed E-state index contributed by atoms with van der Waals surface area (Å²) in [5, 5.41) is 8.51. The summed E-state index contributed by atoms with van der Waals surface area (Å²) in [5.41, 5.74) is 0. The van der Waals surface area contributed by atoms with E-state index in [1.165, 1.54) is 63.8 Å². The Balaban J connectivity index is 2.94. The van der Waals surface area contributed by atoms with Crippen LogP contribution in [-0.4, -0.2) is 27.4 Å². The topological polar surface area (TPSA) is 46.5 Å². The number of rotatable bonds is 16. The average molecular weight is 303 g/mol. The van der Waals surface area contributed by atoms with Gasteiger partial charge in [0.1, 0.15) is 0 Å². The van der Waals surface area contributed by atoms with Gasteiger partial charge in [0.15, 0.2) is 9.76 Å². The van der Waals surface area contributed by atoms with E-state index in [-0.39, 0.29) is 9.76 Å². The Kier molecular flexibility index (Phi) is 16.4.